The maximum absolute atomic E-state index is 12.2. The van der Waals surface area contributed by atoms with Gasteiger partial charge >= 0.3 is 11.9 Å². The third-order valence-corrected chi connectivity index (χ3v) is 3.83. The summed E-state index contributed by atoms with van der Waals surface area (Å²) in [6.07, 6.45) is 1.88. The van der Waals surface area contributed by atoms with Gasteiger partial charge < -0.3 is 19.8 Å². The van der Waals surface area contributed by atoms with E-state index in [0.29, 0.717) is 28.3 Å². The number of aryl methyl sites for hydroxylation is 1. The molecule has 2 heterocycles. The van der Waals surface area contributed by atoms with Gasteiger partial charge in [-0.1, -0.05) is 18.5 Å². The Morgan fingerprint density at radius 1 is 1.27 bits per heavy atom. The summed E-state index contributed by atoms with van der Waals surface area (Å²) >= 11 is 5.71. The molecule has 0 saturated carbocycles. The Morgan fingerprint density at radius 2 is 2.00 bits per heavy atom. The van der Waals surface area contributed by atoms with Crippen molar-refractivity contribution < 1.29 is 23.9 Å². The van der Waals surface area contributed by atoms with Gasteiger partial charge in [-0.15, -0.1) is 0 Å². The first-order valence-electron chi connectivity index (χ1n) is 7.75. The second-order valence-corrected chi connectivity index (χ2v) is 5.75. The molecule has 2 aromatic rings. The molecule has 0 spiro atoms. The number of methoxy groups -OCH3 is 1. The number of halogens is 1. The summed E-state index contributed by atoms with van der Waals surface area (Å²) < 4.78 is 9.74. The first kappa shape index (κ1) is 19.5. The lowest BCUT2D eigenvalue weighted by Gasteiger charge is -2.06. The Hall–Kier alpha value is -2.87. The lowest BCUT2D eigenvalue weighted by molar-refractivity contribution is -0.119. The van der Waals surface area contributed by atoms with E-state index in [1.807, 2.05) is 6.92 Å². The molecule has 2 rings (SSSR count). The van der Waals surface area contributed by atoms with Crippen molar-refractivity contribution in [3.8, 4) is 0 Å². The Morgan fingerprint density at radius 3 is 2.58 bits per heavy atom. The van der Waals surface area contributed by atoms with Crippen molar-refractivity contribution >= 4 is 35.3 Å². The van der Waals surface area contributed by atoms with Gasteiger partial charge in [-0.2, -0.15) is 0 Å². The Labute approximate surface area is 154 Å². The molecule has 0 bridgehead atoms. The van der Waals surface area contributed by atoms with E-state index in [0.717, 1.165) is 0 Å². The van der Waals surface area contributed by atoms with Crippen LogP contribution in [0.5, 0.6) is 0 Å². The van der Waals surface area contributed by atoms with Gasteiger partial charge in [0.05, 0.1) is 17.7 Å². The quantitative estimate of drug-likeness (QED) is 0.746. The fourth-order valence-electron chi connectivity index (χ4n) is 2.34. The van der Waals surface area contributed by atoms with E-state index in [-0.39, 0.29) is 11.5 Å². The molecule has 26 heavy (non-hydrogen) atoms. The van der Waals surface area contributed by atoms with E-state index in [1.54, 1.807) is 13.0 Å². The molecule has 0 aliphatic carbocycles. The van der Waals surface area contributed by atoms with E-state index in [4.69, 9.17) is 21.1 Å². The molecule has 0 aromatic carbocycles. The number of nitrogens with one attached hydrogen (secondary N) is 2. The normalized spacial score (nSPS) is 10.3. The van der Waals surface area contributed by atoms with Crippen LogP contribution in [0.3, 0.4) is 0 Å². The number of nitrogens with zero attached hydrogens (tertiary/aromatic N) is 1. The van der Waals surface area contributed by atoms with Crippen LogP contribution in [0.2, 0.25) is 5.02 Å². The van der Waals surface area contributed by atoms with Crippen LogP contribution in [0.1, 0.15) is 39.0 Å². The summed E-state index contributed by atoms with van der Waals surface area (Å²) in [5.74, 6) is -1.55. The first-order valence-corrected chi connectivity index (χ1v) is 8.13. The molecule has 0 atom stereocenters. The maximum atomic E-state index is 12.2. The topological polar surface area (TPSA) is 110 Å². The summed E-state index contributed by atoms with van der Waals surface area (Å²) in [5.41, 5.74) is 1.39. The van der Waals surface area contributed by atoms with Crippen molar-refractivity contribution in [1.29, 1.82) is 0 Å². The van der Waals surface area contributed by atoms with Crippen molar-refractivity contribution in [2.75, 3.05) is 19.0 Å². The van der Waals surface area contributed by atoms with Gasteiger partial charge in [-0.05, 0) is 31.0 Å². The predicted octanol–water partition coefficient (Wildman–Crippen LogP) is 2.52. The predicted molar refractivity (Wildman–Crippen MR) is 94.4 cm³/mol. The summed E-state index contributed by atoms with van der Waals surface area (Å²) in [5, 5.41) is 2.91. The van der Waals surface area contributed by atoms with Crippen molar-refractivity contribution in [3.63, 3.8) is 0 Å². The van der Waals surface area contributed by atoms with Gasteiger partial charge in [0, 0.05) is 11.9 Å². The van der Waals surface area contributed by atoms with E-state index in [1.165, 1.54) is 19.4 Å². The minimum absolute atomic E-state index is 0.111. The van der Waals surface area contributed by atoms with E-state index in [2.05, 4.69) is 15.3 Å². The van der Waals surface area contributed by atoms with Crippen LogP contribution in [-0.2, 0) is 20.7 Å². The average molecular weight is 380 g/mol. The zero-order valence-corrected chi connectivity index (χ0v) is 15.3. The third kappa shape index (κ3) is 4.40. The molecule has 0 radical (unpaired) electrons. The number of aromatic nitrogens is 2. The molecule has 1 amide bonds. The monoisotopic (exact) mass is 379 g/mol. The number of rotatable bonds is 6. The van der Waals surface area contributed by atoms with E-state index in [9.17, 15) is 14.4 Å². The van der Waals surface area contributed by atoms with Gasteiger partial charge in [0.2, 0.25) is 0 Å². The molecule has 0 aliphatic heterocycles. The van der Waals surface area contributed by atoms with Crippen LogP contribution in [0.25, 0.3) is 0 Å². The first-order chi connectivity index (χ1) is 12.4. The largest absolute Gasteiger partial charge is 0.465 e. The van der Waals surface area contributed by atoms with Crippen LogP contribution >= 0.6 is 11.6 Å². The Bertz CT molecular complexity index is 830. The van der Waals surface area contributed by atoms with Gasteiger partial charge in [0.25, 0.3) is 5.91 Å². The molecule has 9 heteroatoms. The number of carbonyl (C=O) groups excluding carboxylic acids is 3. The second kappa shape index (κ2) is 8.48. The lowest BCUT2D eigenvalue weighted by atomic mass is 10.1. The molecule has 0 unspecified atom stereocenters. The highest BCUT2D eigenvalue weighted by Gasteiger charge is 2.24. The van der Waals surface area contributed by atoms with Crippen LogP contribution in [0.15, 0.2) is 18.3 Å². The summed E-state index contributed by atoms with van der Waals surface area (Å²) in [7, 11) is 1.27. The molecule has 0 fully saturated rings. The molecule has 0 saturated heterocycles. The van der Waals surface area contributed by atoms with E-state index >= 15 is 0 Å². The molecule has 138 valence electrons. The van der Waals surface area contributed by atoms with Gasteiger partial charge in [-0.3, -0.25) is 4.79 Å². The smallest absolute Gasteiger partial charge is 0.355 e. The number of carbonyl (C=O) groups is 3. The summed E-state index contributed by atoms with van der Waals surface area (Å²) in [4.78, 5) is 42.7. The Balaban J connectivity index is 2.03. The number of esters is 2. The van der Waals surface area contributed by atoms with Crippen LogP contribution in [0.4, 0.5) is 5.82 Å². The van der Waals surface area contributed by atoms with Crippen LogP contribution in [-0.4, -0.2) is 41.5 Å². The fraction of sp³-hybridized carbons (Fsp3) is 0.294. The summed E-state index contributed by atoms with van der Waals surface area (Å²) in [6, 6.07) is 3.09. The highest BCUT2D eigenvalue weighted by Crippen LogP contribution is 2.21. The standard InChI is InChI=1S/C17H18ClN3O5/c1-4-11-14(16(23)25-3)9(2)15(20-11)17(24)26-8-13(22)21-12-6-5-10(18)7-19-12/h5-7,20H,4,8H2,1-3H3,(H,19,21,22). The van der Waals surface area contributed by atoms with Crippen LogP contribution in [0, 0.1) is 6.92 Å². The summed E-state index contributed by atoms with van der Waals surface area (Å²) in [6.45, 7) is 2.94. The van der Waals surface area contributed by atoms with E-state index < -0.39 is 24.5 Å². The number of hydrogen-bond donors (Lipinski definition) is 2. The third-order valence-electron chi connectivity index (χ3n) is 3.60. The number of ether oxygens (including phenoxy) is 2. The molecular formula is C17H18ClN3O5. The highest BCUT2D eigenvalue weighted by atomic mass is 35.5. The molecule has 0 aliphatic rings. The zero-order chi connectivity index (χ0) is 19.3. The van der Waals surface area contributed by atoms with Crippen molar-refractivity contribution in [2.45, 2.75) is 20.3 Å². The number of amides is 1. The Kier molecular flexibility index (Phi) is 6.35. The SMILES string of the molecule is CCc1[nH]c(C(=O)OCC(=O)Nc2ccc(Cl)cn2)c(C)c1C(=O)OC. The zero-order valence-electron chi connectivity index (χ0n) is 14.5. The van der Waals surface area contributed by atoms with Crippen molar-refractivity contribution in [3.05, 3.63) is 45.9 Å². The molecule has 2 aromatic heterocycles. The van der Waals surface area contributed by atoms with Crippen molar-refractivity contribution in [2.24, 2.45) is 0 Å². The minimum Gasteiger partial charge on any atom is -0.465 e. The molecule has 8 nitrogen and oxygen atoms in total. The van der Waals surface area contributed by atoms with Gasteiger partial charge in [0.15, 0.2) is 6.61 Å². The average Bonchev–Trinajstić information content (AvgIpc) is 2.97. The number of anilines is 1. The van der Waals surface area contributed by atoms with Crippen LogP contribution < -0.4 is 5.32 Å². The maximum Gasteiger partial charge on any atom is 0.355 e. The second-order valence-electron chi connectivity index (χ2n) is 5.31. The number of aromatic amines is 1. The lowest BCUT2D eigenvalue weighted by Crippen LogP contribution is -2.21. The van der Waals surface area contributed by atoms with Gasteiger partial charge in [0.1, 0.15) is 11.5 Å². The number of hydrogen-bond acceptors (Lipinski definition) is 6. The number of H-pyrrole nitrogens is 1. The molecule has 2 N–H and O–H groups in total. The minimum atomic E-state index is -0.744. The molecular weight excluding hydrogens is 362 g/mol. The number of pyridine rings is 1. The highest BCUT2D eigenvalue weighted by molar-refractivity contribution is 6.30. The van der Waals surface area contributed by atoms with Crippen molar-refractivity contribution in [1.82, 2.24) is 9.97 Å². The fourth-order valence-corrected chi connectivity index (χ4v) is 2.45. The van der Waals surface area contributed by atoms with Gasteiger partial charge in [-0.25, -0.2) is 14.6 Å².